The monoisotopic (exact) mass is 687 g/mol. The summed E-state index contributed by atoms with van der Waals surface area (Å²) in [6, 6.07) is 21.8. The molecule has 0 bridgehead atoms. The quantitative estimate of drug-likeness (QED) is 0.105. The average Bonchev–Trinajstić information content (AvgIpc) is 2.90. The largest absolute Gasteiger partial charge is 0.512 e. The number of aliphatic hydroxyl groups is 1. The third-order valence-corrected chi connectivity index (χ3v) is 7.28. The first-order valence-electron chi connectivity index (χ1n) is 13.4. The van der Waals surface area contributed by atoms with Crippen molar-refractivity contribution in [2.75, 3.05) is 0 Å². The van der Waals surface area contributed by atoms with Crippen molar-refractivity contribution in [1.82, 2.24) is 4.98 Å². The number of fused-ring (bicyclic) bond motifs is 3. The van der Waals surface area contributed by atoms with Crippen LogP contribution < -0.4 is 4.74 Å². The normalized spacial score (nSPS) is 12.0. The molecule has 1 radical (unpaired) electrons. The third-order valence-electron chi connectivity index (χ3n) is 7.28. The van der Waals surface area contributed by atoms with Crippen molar-refractivity contribution in [2.45, 2.75) is 60.3 Å². The van der Waals surface area contributed by atoms with Crippen molar-refractivity contribution in [2.24, 2.45) is 11.8 Å². The fourth-order valence-corrected chi connectivity index (χ4v) is 4.93. The van der Waals surface area contributed by atoms with Gasteiger partial charge < -0.3 is 9.84 Å². The summed E-state index contributed by atoms with van der Waals surface area (Å²) in [6.45, 7) is 10.2. The first-order chi connectivity index (χ1) is 17.9. The van der Waals surface area contributed by atoms with E-state index in [0.717, 1.165) is 70.1 Å². The summed E-state index contributed by atoms with van der Waals surface area (Å²) in [5, 5.41) is 13.1. The molecule has 4 aromatic rings. The van der Waals surface area contributed by atoms with Crippen LogP contribution in [0.2, 0.25) is 0 Å². The number of pyridine rings is 1. The molecule has 1 aliphatic heterocycles. The van der Waals surface area contributed by atoms with Crippen LogP contribution in [0.15, 0.2) is 66.4 Å². The summed E-state index contributed by atoms with van der Waals surface area (Å²) in [6.07, 6.45) is 4.91. The van der Waals surface area contributed by atoms with Crippen molar-refractivity contribution in [3.05, 3.63) is 78.1 Å². The molecule has 4 nitrogen and oxygen atoms in total. The smallest absolute Gasteiger partial charge is 0.162 e. The van der Waals surface area contributed by atoms with Crippen LogP contribution in [-0.2, 0) is 24.9 Å². The van der Waals surface area contributed by atoms with Gasteiger partial charge in [-0.05, 0) is 56.4 Å². The van der Waals surface area contributed by atoms with Crippen LogP contribution in [0.25, 0.3) is 32.9 Å². The van der Waals surface area contributed by atoms with Gasteiger partial charge in [0.2, 0.25) is 0 Å². The molecule has 1 aromatic heterocycles. The number of carbonyl (C=O) groups is 1. The Morgan fingerprint density at radius 2 is 1.66 bits per heavy atom. The molecule has 0 unspecified atom stereocenters. The zero-order valence-corrected chi connectivity index (χ0v) is 25.2. The molecule has 3 aromatic carbocycles. The number of ether oxygens (including phenoxy) is 1. The number of benzene rings is 3. The average molecular weight is 687 g/mol. The molecule has 2 heterocycles. The molecule has 0 amide bonds. The van der Waals surface area contributed by atoms with Gasteiger partial charge in [0.25, 0.3) is 0 Å². The maximum Gasteiger partial charge on any atom is 0.162 e. The predicted octanol–water partition coefficient (Wildman–Crippen LogP) is 9.14. The fourth-order valence-electron chi connectivity index (χ4n) is 4.93. The van der Waals surface area contributed by atoms with Crippen molar-refractivity contribution < 1.29 is 34.7 Å². The maximum absolute atomic E-state index is 11.7. The third kappa shape index (κ3) is 6.17. The van der Waals surface area contributed by atoms with Crippen LogP contribution in [0.5, 0.6) is 11.5 Å². The van der Waals surface area contributed by atoms with Gasteiger partial charge in [-0.3, -0.25) is 9.78 Å². The predicted molar refractivity (Wildman–Crippen MR) is 152 cm³/mol. The Morgan fingerprint density at radius 1 is 0.947 bits per heavy atom. The maximum atomic E-state index is 11.7. The molecule has 1 N–H and O–H groups in total. The summed E-state index contributed by atoms with van der Waals surface area (Å²) < 4.78 is 6.11. The van der Waals surface area contributed by atoms with Gasteiger partial charge in [0, 0.05) is 49.1 Å². The van der Waals surface area contributed by atoms with Crippen LogP contribution in [0.4, 0.5) is 0 Å². The van der Waals surface area contributed by atoms with Crippen LogP contribution in [0.1, 0.15) is 58.9 Å². The van der Waals surface area contributed by atoms with Crippen molar-refractivity contribution in [1.29, 1.82) is 0 Å². The van der Waals surface area contributed by atoms with Gasteiger partial charge in [-0.25, -0.2) is 0 Å². The zero-order valence-electron chi connectivity index (χ0n) is 22.8. The van der Waals surface area contributed by atoms with Gasteiger partial charge in [-0.15, -0.1) is 23.8 Å². The molecule has 0 aliphatic carbocycles. The standard InChI is InChI=1S/C20H12NO.C13H24O2.Ir/c1-12-8-9-14-11-18-20(21-16(14)10-12)15-6-2-4-13-5-3-7-17(22-18)19(13)15;1-5-10(6-2)12(14)9-13(15)11(7-3)8-4;/h2-5,7-11H,1H3;9-11,14H,5-8H2,1-4H3;/q-1;;/b;12-9-;. The molecule has 0 saturated carbocycles. The number of aryl methyl sites for hydroxylation is 1. The van der Waals surface area contributed by atoms with E-state index in [-0.39, 0.29) is 43.5 Å². The number of carbonyl (C=O) groups excluding carboxylic acids is 1. The van der Waals surface area contributed by atoms with Gasteiger partial charge >= 0.3 is 0 Å². The van der Waals surface area contributed by atoms with Gasteiger partial charge in [-0.2, -0.15) is 0 Å². The molecule has 5 rings (SSSR count). The molecule has 0 spiro atoms. The molecular weight excluding hydrogens is 651 g/mol. The van der Waals surface area contributed by atoms with E-state index in [4.69, 9.17) is 9.72 Å². The summed E-state index contributed by atoms with van der Waals surface area (Å²) in [4.78, 5) is 16.6. The van der Waals surface area contributed by atoms with E-state index in [1.165, 1.54) is 11.6 Å². The van der Waals surface area contributed by atoms with Crippen molar-refractivity contribution >= 4 is 27.5 Å². The number of aliphatic hydroxyl groups excluding tert-OH is 1. The molecule has 0 saturated heterocycles. The summed E-state index contributed by atoms with van der Waals surface area (Å²) in [5.74, 6) is 2.23. The van der Waals surface area contributed by atoms with Crippen LogP contribution in [0.3, 0.4) is 0 Å². The Bertz CT molecular complexity index is 1450. The van der Waals surface area contributed by atoms with Gasteiger partial charge in [0.05, 0.1) is 17.0 Å². The number of nitrogens with zero attached hydrogens (tertiary/aromatic N) is 1. The minimum Gasteiger partial charge on any atom is -0.512 e. The second kappa shape index (κ2) is 13.2. The molecule has 0 atom stereocenters. The Labute approximate surface area is 239 Å². The molecular formula is C33H36IrNO3-. The zero-order chi connectivity index (χ0) is 26.5. The number of rotatable bonds is 7. The number of allylic oxidation sites excluding steroid dienone is 2. The van der Waals surface area contributed by atoms with E-state index in [0.29, 0.717) is 0 Å². The molecule has 0 fully saturated rings. The topological polar surface area (TPSA) is 59.4 Å². The Balaban J connectivity index is 0.000000223. The molecule has 5 heteroatoms. The van der Waals surface area contributed by atoms with Gasteiger partial charge in [0.1, 0.15) is 5.75 Å². The molecule has 1 aliphatic rings. The minimum atomic E-state index is 0. The number of ketones is 1. The van der Waals surface area contributed by atoms with Crippen molar-refractivity contribution in [3.8, 4) is 22.8 Å². The summed E-state index contributed by atoms with van der Waals surface area (Å²) in [7, 11) is 0. The van der Waals surface area contributed by atoms with E-state index >= 15 is 0 Å². The van der Waals surface area contributed by atoms with Crippen molar-refractivity contribution in [3.63, 3.8) is 0 Å². The first kappa shape index (κ1) is 29.5. The minimum absolute atomic E-state index is 0. The Hall–Kier alpha value is -3.01. The van der Waals surface area contributed by atoms with E-state index < -0.39 is 0 Å². The SMILES string of the molecule is CCC(CC)C(=O)/C=C(\O)C(CC)CC.Cc1ccc2cc3c(nc2c1)-c1[c-]ccc2cccc(c12)O3.[Ir]. The van der Waals surface area contributed by atoms with E-state index in [1.54, 1.807) is 0 Å². The van der Waals surface area contributed by atoms with Crippen LogP contribution >= 0.6 is 0 Å². The van der Waals surface area contributed by atoms with Gasteiger partial charge in [-0.1, -0.05) is 62.7 Å². The van der Waals surface area contributed by atoms with E-state index in [2.05, 4.69) is 49.4 Å². The number of hydrogen-bond donors (Lipinski definition) is 1. The van der Waals surface area contributed by atoms with Crippen LogP contribution in [-0.4, -0.2) is 15.9 Å². The Morgan fingerprint density at radius 3 is 2.34 bits per heavy atom. The second-order valence-electron chi connectivity index (χ2n) is 9.70. The first-order valence-corrected chi connectivity index (χ1v) is 13.4. The number of aromatic nitrogens is 1. The summed E-state index contributed by atoms with van der Waals surface area (Å²) in [5.41, 5.74) is 4.10. The number of hydrogen-bond acceptors (Lipinski definition) is 4. The van der Waals surface area contributed by atoms with Crippen LogP contribution in [0, 0.1) is 24.8 Å². The van der Waals surface area contributed by atoms with Gasteiger partial charge in [0.15, 0.2) is 5.78 Å². The molecule has 201 valence electrons. The fraction of sp³-hybridized carbons (Fsp3) is 0.333. The summed E-state index contributed by atoms with van der Waals surface area (Å²) >= 11 is 0. The molecule has 38 heavy (non-hydrogen) atoms. The Kier molecular flexibility index (Phi) is 10.2. The van der Waals surface area contributed by atoms with E-state index in [9.17, 15) is 9.90 Å². The second-order valence-corrected chi connectivity index (χ2v) is 9.70. The van der Waals surface area contributed by atoms with E-state index in [1.807, 2.05) is 45.9 Å².